The van der Waals surface area contributed by atoms with Gasteiger partial charge in [-0.05, 0) is 24.3 Å². The minimum absolute atomic E-state index is 0.00114. The highest BCUT2D eigenvalue weighted by Crippen LogP contribution is 2.29. The lowest BCUT2D eigenvalue weighted by molar-refractivity contribution is -0.384. The fourth-order valence-electron chi connectivity index (χ4n) is 2.30. The van der Waals surface area contributed by atoms with Crippen LogP contribution in [0.25, 0.3) is 5.65 Å². The fourth-order valence-corrected chi connectivity index (χ4v) is 2.30. The maximum atomic E-state index is 12.7. The summed E-state index contributed by atoms with van der Waals surface area (Å²) in [6, 6.07) is 7.21. The summed E-state index contributed by atoms with van der Waals surface area (Å²) in [7, 11) is 0. The van der Waals surface area contributed by atoms with Crippen LogP contribution in [0.15, 0.2) is 48.8 Å². The summed E-state index contributed by atoms with van der Waals surface area (Å²) in [6.07, 6.45) is -2.15. The number of carbonyl (C=O) groups excluding carboxylic acids is 1. The number of amides is 1. The lowest BCUT2D eigenvalue weighted by atomic mass is 10.2. The molecule has 2 aromatic heterocycles. The van der Waals surface area contributed by atoms with Crippen molar-refractivity contribution in [3.05, 3.63) is 75.7 Å². The van der Waals surface area contributed by atoms with E-state index in [9.17, 15) is 28.1 Å². The van der Waals surface area contributed by atoms with Gasteiger partial charge in [-0.15, -0.1) is 0 Å². The number of nitrogens with zero attached hydrogens (tertiary/aromatic N) is 3. The molecule has 0 aliphatic heterocycles. The molecular weight excluding hydrogens is 353 g/mol. The molecule has 1 N–H and O–H groups in total. The van der Waals surface area contributed by atoms with Gasteiger partial charge < -0.3 is 9.72 Å². The second-order valence-electron chi connectivity index (χ2n) is 5.40. The number of rotatable bonds is 4. The highest BCUT2D eigenvalue weighted by atomic mass is 19.4. The Bertz CT molecular complexity index is 981. The highest BCUT2D eigenvalue weighted by molar-refractivity contribution is 5.94. The van der Waals surface area contributed by atoms with Crippen molar-refractivity contribution >= 4 is 17.2 Å². The molecule has 0 atom stereocenters. The monoisotopic (exact) mass is 364 g/mol. The van der Waals surface area contributed by atoms with E-state index in [-0.39, 0.29) is 17.8 Å². The average Bonchev–Trinajstić information content (AvgIpc) is 3.01. The molecule has 2 heterocycles. The Hall–Kier alpha value is -3.43. The Morgan fingerprint density at radius 3 is 2.46 bits per heavy atom. The van der Waals surface area contributed by atoms with Crippen LogP contribution in [0.4, 0.5) is 18.9 Å². The maximum absolute atomic E-state index is 12.7. The quantitative estimate of drug-likeness (QED) is 0.569. The van der Waals surface area contributed by atoms with Crippen molar-refractivity contribution in [1.82, 2.24) is 14.7 Å². The molecule has 1 amide bonds. The third kappa shape index (κ3) is 3.63. The summed E-state index contributed by atoms with van der Waals surface area (Å²) in [6.45, 7) is -0.00114. The first kappa shape index (κ1) is 17.4. The zero-order valence-corrected chi connectivity index (χ0v) is 13.0. The van der Waals surface area contributed by atoms with E-state index in [0.717, 1.165) is 12.3 Å². The Balaban J connectivity index is 1.71. The summed E-state index contributed by atoms with van der Waals surface area (Å²) in [5.41, 5.74) is -0.0258. The number of pyridine rings is 1. The molecule has 0 aliphatic carbocycles. The Kier molecular flexibility index (Phi) is 4.33. The molecule has 3 rings (SSSR count). The summed E-state index contributed by atoms with van der Waals surface area (Å²) in [5.74, 6) is -0.479. The molecule has 26 heavy (non-hydrogen) atoms. The number of benzene rings is 1. The summed E-state index contributed by atoms with van der Waals surface area (Å²) >= 11 is 0. The number of imidazole rings is 1. The van der Waals surface area contributed by atoms with E-state index in [4.69, 9.17) is 0 Å². The van der Waals surface area contributed by atoms with Crippen molar-refractivity contribution in [3.63, 3.8) is 0 Å². The van der Waals surface area contributed by atoms with Gasteiger partial charge in [0.25, 0.3) is 11.6 Å². The van der Waals surface area contributed by atoms with Crippen LogP contribution >= 0.6 is 0 Å². The lowest BCUT2D eigenvalue weighted by Crippen LogP contribution is -2.22. The first-order chi connectivity index (χ1) is 12.2. The molecule has 10 heteroatoms. The molecule has 134 valence electrons. The van der Waals surface area contributed by atoms with Gasteiger partial charge in [-0.3, -0.25) is 14.9 Å². The number of nitro groups is 1. The van der Waals surface area contributed by atoms with Crippen LogP contribution in [-0.2, 0) is 12.7 Å². The number of halogens is 3. The molecule has 1 aromatic carbocycles. The lowest BCUT2D eigenvalue weighted by Gasteiger charge is -2.05. The molecule has 0 saturated carbocycles. The van der Waals surface area contributed by atoms with Crippen LogP contribution < -0.4 is 5.32 Å². The van der Waals surface area contributed by atoms with Gasteiger partial charge in [-0.1, -0.05) is 0 Å². The number of alkyl halides is 3. The van der Waals surface area contributed by atoms with Gasteiger partial charge in [0.1, 0.15) is 5.65 Å². The number of hydrogen-bond acceptors (Lipinski definition) is 4. The zero-order chi connectivity index (χ0) is 18.9. The van der Waals surface area contributed by atoms with Crippen molar-refractivity contribution in [3.8, 4) is 0 Å². The second kappa shape index (κ2) is 6.47. The average molecular weight is 364 g/mol. The van der Waals surface area contributed by atoms with Crippen molar-refractivity contribution < 1.29 is 22.9 Å². The number of aromatic nitrogens is 2. The number of nitro benzene ring substituents is 1. The molecule has 0 radical (unpaired) electrons. The van der Waals surface area contributed by atoms with Crippen molar-refractivity contribution in [2.24, 2.45) is 0 Å². The molecule has 0 unspecified atom stereocenters. The smallest absolute Gasteiger partial charge is 0.346 e. The molecule has 0 fully saturated rings. The molecule has 0 aliphatic rings. The van der Waals surface area contributed by atoms with Gasteiger partial charge in [0, 0.05) is 30.1 Å². The van der Waals surface area contributed by atoms with Crippen LogP contribution in [0.2, 0.25) is 0 Å². The summed E-state index contributed by atoms with van der Waals surface area (Å²) in [5, 5.41) is 13.2. The van der Waals surface area contributed by atoms with E-state index in [1.807, 2.05) is 0 Å². The molecule has 0 saturated heterocycles. The maximum Gasteiger partial charge on any atom is 0.417 e. The summed E-state index contributed by atoms with van der Waals surface area (Å²) in [4.78, 5) is 26.2. The predicted molar refractivity (Wildman–Crippen MR) is 84.5 cm³/mol. The molecule has 3 aromatic rings. The SMILES string of the molecule is O=C(NCc1cn2cc(C(F)(F)F)ccc2n1)c1ccc([N+](=O)[O-])cc1. The number of hydrogen-bond donors (Lipinski definition) is 1. The number of nitrogens with one attached hydrogen (secondary N) is 1. The van der Waals surface area contributed by atoms with E-state index >= 15 is 0 Å². The van der Waals surface area contributed by atoms with E-state index < -0.39 is 22.6 Å². The van der Waals surface area contributed by atoms with Crippen LogP contribution in [0.3, 0.4) is 0 Å². The molecule has 0 spiro atoms. The second-order valence-corrected chi connectivity index (χ2v) is 5.40. The largest absolute Gasteiger partial charge is 0.417 e. The molecule has 0 bridgehead atoms. The Labute approximate surface area is 144 Å². The number of fused-ring (bicyclic) bond motifs is 1. The molecular formula is C16H11F3N4O3. The zero-order valence-electron chi connectivity index (χ0n) is 13.0. The highest BCUT2D eigenvalue weighted by Gasteiger charge is 2.30. The van der Waals surface area contributed by atoms with Crippen molar-refractivity contribution in [1.29, 1.82) is 0 Å². The molecule has 7 nitrogen and oxygen atoms in total. The van der Waals surface area contributed by atoms with E-state index in [2.05, 4.69) is 10.3 Å². The van der Waals surface area contributed by atoms with Gasteiger partial charge in [-0.25, -0.2) is 4.98 Å². The topological polar surface area (TPSA) is 89.5 Å². The van der Waals surface area contributed by atoms with E-state index in [1.165, 1.54) is 40.9 Å². The predicted octanol–water partition coefficient (Wildman–Crippen LogP) is 3.19. The van der Waals surface area contributed by atoms with Crippen molar-refractivity contribution in [2.45, 2.75) is 12.7 Å². The summed E-state index contributed by atoms with van der Waals surface area (Å²) < 4.78 is 39.4. The van der Waals surface area contributed by atoms with Crippen LogP contribution in [0.1, 0.15) is 21.6 Å². The van der Waals surface area contributed by atoms with Gasteiger partial charge in [0.15, 0.2) is 0 Å². The van der Waals surface area contributed by atoms with Gasteiger partial charge >= 0.3 is 6.18 Å². The van der Waals surface area contributed by atoms with Crippen molar-refractivity contribution in [2.75, 3.05) is 0 Å². The van der Waals surface area contributed by atoms with Crippen LogP contribution in [-0.4, -0.2) is 20.2 Å². The third-order valence-corrected chi connectivity index (χ3v) is 3.60. The van der Waals surface area contributed by atoms with Crippen LogP contribution in [0, 0.1) is 10.1 Å². The third-order valence-electron chi connectivity index (χ3n) is 3.60. The fraction of sp³-hybridized carbons (Fsp3) is 0.125. The van der Waals surface area contributed by atoms with Gasteiger partial charge in [0.2, 0.25) is 0 Å². The first-order valence-electron chi connectivity index (χ1n) is 7.31. The van der Waals surface area contributed by atoms with Gasteiger partial charge in [0.05, 0.1) is 22.7 Å². The Morgan fingerprint density at radius 1 is 1.15 bits per heavy atom. The number of carbonyl (C=O) groups is 1. The Morgan fingerprint density at radius 2 is 1.85 bits per heavy atom. The standard InChI is InChI=1S/C16H11F3N4O3/c17-16(18,19)11-3-6-14-21-12(9-22(14)8-11)7-20-15(24)10-1-4-13(5-2-10)23(25)26/h1-6,8-9H,7H2,(H,20,24). The van der Waals surface area contributed by atoms with Gasteiger partial charge in [-0.2, -0.15) is 13.2 Å². The minimum Gasteiger partial charge on any atom is -0.346 e. The minimum atomic E-state index is -4.46. The van der Waals surface area contributed by atoms with Crippen LogP contribution in [0.5, 0.6) is 0 Å². The first-order valence-corrected chi connectivity index (χ1v) is 7.31. The van der Waals surface area contributed by atoms with E-state index in [0.29, 0.717) is 11.3 Å². The normalized spacial score (nSPS) is 11.5. The number of non-ortho nitro benzene ring substituents is 1. The van der Waals surface area contributed by atoms with E-state index in [1.54, 1.807) is 0 Å².